The molecule has 2 aromatic heterocycles. The molecule has 3 heterocycles. The maximum atomic E-state index is 4.90. The highest BCUT2D eigenvalue weighted by Gasteiger charge is 2.24. The van der Waals surface area contributed by atoms with Crippen molar-refractivity contribution in [2.75, 3.05) is 31.1 Å². The molecule has 5 nitrogen and oxygen atoms in total. The van der Waals surface area contributed by atoms with Crippen LogP contribution in [0.15, 0.2) is 24.5 Å². The van der Waals surface area contributed by atoms with Crippen LogP contribution in [0, 0.1) is 0 Å². The van der Waals surface area contributed by atoms with E-state index in [-0.39, 0.29) is 0 Å². The number of aryl methyl sites for hydroxylation is 1. The molecule has 0 spiro atoms. The number of anilines is 1. The highest BCUT2D eigenvalue weighted by Crippen LogP contribution is 2.31. The first kappa shape index (κ1) is 12.7. The molecule has 1 saturated heterocycles. The minimum atomic E-state index is 0.839. The standard InChI is InChI=1S/C16H19N5/c1-2-13-14(3-1)19-15(12-4-6-17-7-5-12)20-16(13)21-10-8-18-9-11-21/h4-7,18H,1-3,8-11H2. The number of pyridine rings is 1. The van der Waals surface area contributed by atoms with E-state index in [1.165, 1.54) is 17.7 Å². The number of hydrogen-bond donors (Lipinski definition) is 1. The van der Waals surface area contributed by atoms with Crippen LogP contribution in [-0.4, -0.2) is 41.1 Å². The molecule has 1 fully saturated rings. The lowest BCUT2D eigenvalue weighted by atomic mass is 10.2. The number of nitrogens with zero attached hydrogens (tertiary/aromatic N) is 4. The lowest BCUT2D eigenvalue weighted by Crippen LogP contribution is -2.44. The zero-order chi connectivity index (χ0) is 14.1. The summed E-state index contributed by atoms with van der Waals surface area (Å²) >= 11 is 0. The average molecular weight is 281 g/mol. The van der Waals surface area contributed by atoms with Gasteiger partial charge in [-0.15, -0.1) is 0 Å². The fourth-order valence-corrected chi connectivity index (χ4v) is 3.18. The smallest absolute Gasteiger partial charge is 0.161 e. The summed E-state index contributed by atoms with van der Waals surface area (Å²) in [4.78, 5) is 16.2. The molecule has 108 valence electrons. The monoisotopic (exact) mass is 281 g/mol. The van der Waals surface area contributed by atoms with Crippen LogP contribution in [0.4, 0.5) is 5.82 Å². The molecule has 21 heavy (non-hydrogen) atoms. The molecule has 1 aliphatic heterocycles. The molecule has 0 atom stereocenters. The first-order valence-corrected chi connectivity index (χ1v) is 7.68. The van der Waals surface area contributed by atoms with Gasteiger partial charge in [-0.05, 0) is 31.4 Å². The molecule has 0 aromatic carbocycles. The quantitative estimate of drug-likeness (QED) is 0.902. The highest BCUT2D eigenvalue weighted by atomic mass is 15.2. The predicted molar refractivity (Wildman–Crippen MR) is 82.4 cm³/mol. The van der Waals surface area contributed by atoms with Crippen LogP contribution in [-0.2, 0) is 12.8 Å². The summed E-state index contributed by atoms with van der Waals surface area (Å²) in [5, 5.41) is 3.41. The summed E-state index contributed by atoms with van der Waals surface area (Å²) in [6, 6.07) is 3.97. The van der Waals surface area contributed by atoms with E-state index in [0.717, 1.165) is 56.2 Å². The lowest BCUT2D eigenvalue weighted by Gasteiger charge is -2.30. The number of nitrogens with one attached hydrogen (secondary N) is 1. The minimum absolute atomic E-state index is 0.839. The van der Waals surface area contributed by atoms with Crippen LogP contribution in [0.25, 0.3) is 11.4 Å². The fourth-order valence-electron chi connectivity index (χ4n) is 3.18. The summed E-state index contributed by atoms with van der Waals surface area (Å²) in [7, 11) is 0. The van der Waals surface area contributed by atoms with Crippen molar-refractivity contribution in [3.8, 4) is 11.4 Å². The van der Waals surface area contributed by atoms with E-state index >= 15 is 0 Å². The van der Waals surface area contributed by atoms with Gasteiger partial charge in [-0.3, -0.25) is 4.98 Å². The molecule has 0 saturated carbocycles. The normalized spacial score (nSPS) is 17.8. The van der Waals surface area contributed by atoms with Gasteiger partial charge in [0.25, 0.3) is 0 Å². The maximum Gasteiger partial charge on any atom is 0.161 e. The summed E-state index contributed by atoms with van der Waals surface area (Å²) < 4.78 is 0. The Bertz CT molecular complexity index is 635. The third kappa shape index (κ3) is 2.38. The van der Waals surface area contributed by atoms with Crippen molar-refractivity contribution in [1.82, 2.24) is 20.3 Å². The van der Waals surface area contributed by atoms with E-state index < -0.39 is 0 Å². The molecular formula is C16H19N5. The Hall–Kier alpha value is -2.01. The van der Waals surface area contributed by atoms with Crippen molar-refractivity contribution in [3.05, 3.63) is 35.8 Å². The Kier molecular flexibility index (Phi) is 3.27. The summed E-state index contributed by atoms with van der Waals surface area (Å²) in [6.45, 7) is 4.12. The second-order valence-electron chi connectivity index (χ2n) is 5.62. The van der Waals surface area contributed by atoms with Gasteiger partial charge in [-0.2, -0.15) is 0 Å². The molecule has 0 bridgehead atoms. The van der Waals surface area contributed by atoms with Crippen LogP contribution < -0.4 is 10.2 Å². The maximum absolute atomic E-state index is 4.90. The molecule has 1 N–H and O–H groups in total. The highest BCUT2D eigenvalue weighted by molar-refractivity contribution is 5.61. The topological polar surface area (TPSA) is 53.9 Å². The van der Waals surface area contributed by atoms with Crippen LogP contribution in [0.5, 0.6) is 0 Å². The second kappa shape index (κ2) is 5.41. The van der Waals surface area contributed by atoms with E-state index in [1.807, 2.05) is 12.1 Å². The largest absolute Gasteiger partial charge is 0.354 e. The molecule has 0 radical (unpaired) electrons. The Balaban J connectivity index is 1.80. The third-order valence-electron chi connectivity index (χ3n) is 4.27. The van der Waals surface area contributed by atoms with Crippen molar-refractivity contribution in [2.24, 2.45) is 0 Å². The molecule has 5 heteroatoms. The molecule has 2 aromatic rings. The van der Waals surface area contributed by atoms with Crippen molar-refractivity contribution in [1.29, 1.82) is 0 Å². The van der Waals surface area contributed by atoms with Crippen molar-refractivity contribution >= 4 is 5.82 Å². The van der Waals surface area contributed by atoms with Gasteiger partial charge >= 0.3 is 0 Å². The van der Waals surface area contributed by atoms with Gasteiger partial charge in [-0.1, -0.05) is 0 Å². The van der Waals surface area contributed by atoms with E-state index in [0.29, 0.717) is 0 Å². The zero-order valence-corrected chi connectivity index (χ0v) is 12.0. The van der Waals surface area contributed by atoms with Gasteiger partial charge in [0.2, 0.25) is 0 Å². The Morgan fingerprint density at radius 3 is 2.62 bits per heavy atom. The summed E-state index contributed by atoms with van der Waals surface area (Å²) in [5.74, 6) is 2.00. The van der Waals surface area contributed by atoms with E-state index in [4.69, 9.17) is 9.97 Å². The minimum Gasteiger partial charge on any atom is -0.354 e. The van der Waals surface area contributed by atoms with Crippen molar-refractivity contribution in [3.63, 3.8) is 0 Å². The van der Waals surface area contributed by atoms with Gasteiger partial charge in [0.05, 0.1) is 0 Å². The Morgan fingerprint density at radius 1 is 1.00 bits per heavy atom. The Morgan fingerprint density at radius 2 is 1.81 bits per heavy atom. The molecular weight excluding hydrogens is 262 g/mol. The SMILES string of the molecule is c1cc(-c2nc3c(c(N4CCNCC4)n2)CCC3)ccn1. The van der Waals surface area contributed by atoms with Gasteiger partial charge < -0.3 is 10.2 Å². The summed E-state index contributed by atoms with van der Waals surface area (Å²) in [6.07, 6.45) is 7.00. The third-order valence-corrected chi connectivity index (χ3v) is 4.27. The number of fused-ring (bicyclic) bond motifs is 1. The average Bonchev–Trinajstić information content (AvgIpc) is 3.04. The van der Waals surface area contributed by atoms with Crippen LogP contribution in [0.1, 0.15) is 17.7 Å². The van der Waals surface area contributed by atoms with E-state index in [2.05, 4.69) is 15.2 Å². The van der Waals surface area contributed by atoms with Gasteiger partial charge in [-0.25, -0.2) is 9.97 Å². The van der Waals surface area contributed by atoms with Crippen LogP contribution >= 0.6 is 0 Å². The molecule has 4 rings (SSSR count). The lowest BCUT2D eigenvalue weighted by molar-refractivity contribution is 0.583. The molecule has 0 amide bonds. The van der Waals surface area contributed by atoms with Gasteiger partial charge in [0.1, 0.15) is 5.82 Å². The molecule has 1 aliphatic carbocycles. The zero-order valence-electron chi connectivity index (χ0n) is 12.0. The summed E-state index contributed by atoms with van der Waals surface area (Å²) in [5.41, 5.74) is 3.66. The van der Waals surface area contributed by atoms with Crippen molar-refractivity contribution in [2.45, 2.75) is 19.3 Å². The number of hydrogen-bond acceptors (Lipinski definition) is 5. The number of piperazine rings is 1. The van der Waals surface area contributed by atoms with E-state index in [1.54, 1.807) is 12.4 Å². The van der Waals surface area contributed by atoms with E-state index in [9.17, 15) is 0 Å². The van der Waals surface area contributed by atoms with Crippen molar-refractivity contribution < 1.29 is 0 Å². The fraction of sp³-hybridized carbons (Fsp3) is 0.438. The van der Waals surface area contributed by atoms with Crippen LogP contribution in [0.2, 0.25) is 0 Å². The van der Waals surface area contributed by atoms with Gasteiger partial charge in [0, 0.05) is 55.4 Å². The second-order valence-corrected chi connectivity index (χ2v) is 5.62. The first-order chi connectivity index (χ1) is 10.4. The predicted octanol–water partition coefficient (Wildman–Crippen LogP) is 1.44. The number of rotatable bonds is 2. The van der Waals surface area contributed by atoms with Gasteiger partial charge in [0.15, 0.2) is 5.82 Å². The molecule has 0 unspecified atom stereocenters. The molecule has 2 aliphatic rings. The first-order valence-electron chi connectivity index (χ1n) is 7.68. The van der Waals surface area contributed by atoms with Crippen LogP contribution in [0.3, 0.4) is 0 Å². The Labute approximate surface area is 124 Å². The number of aromatic nitrogens is 3.